The Balaban J connectivity index is 2.65. The molecule has 1 aromatic carbocycles. The minimum absolute atomic E-state index is 0.113. The van der Waals surface area contributed by atoms with Crippen molar-refractivity contribution in [1.29, 1.82) is 0 Å². The lowest BCUT2D eigenvalue weighted by atomic mass is 10.0. The first-order valence-corrected chi connectivity index (χ1v) is 9.61. The molecule has 0 radical (unpaired) electrons. The average molecular weight is 411 g/mol. The minimum Gasteiger partial charge on any atom is -0.496 e. The van der Waals surface area contributed by atoms with E-state index in [4.69, 9.17) is 18.9 Å². The van der Waals surface area contributed by atoms with Gasteiger partial charge in [0.15, 0.2) is 0 Å². The standard InChI is InChI=1S/C21H34N2O6/c1-13(2)18(23-20(25)29-21(4,5)6)19(24)22-14(3)12-28-17-10-15(26-7)9-16(11-17)27-8/h9-11,13-14,18H,12H2,1-8H3,(H,22,24)(H,23,25)/t14?,18-/m0/s1. The molecule has 0 fully saturated rings. The summed E-state index contributed by atoms with van der Waals surface area (Å²) in [5.74, 6) is 1.37. The number of methoxy groups -OCH3 is 2. The highest BCUT2D eigenvalue weighted by Crippen LogP contribution is 2.27. The Morgan fingerprint density at radius 2 is 1.45 bits per heavy atom. The highest BCUT2D eigenvalue weighted by Gasteiger charge is 2.27. The molecule has 1 unspecified atom stereocenters. The normalized spacial score (nSPS) is 13.3. The summed E-state index contributed by atoms with van der Waals surface area (Å²) >= 11 is 0. The Morgan fingerprint density at radius 1 is 0.931 bits per heavy atom. The molecule has 0 heterocycles. The Kier molecular flexibility index (Phi) is 9.07. The maximum Gasteiger partial charge on any atom is 0.408 e. The van der Waals surface area contributed by atoms with Gasteiger partial charge in [-0.15, -0.1) is 0 Å². The Hall–Kier alpha value is -2.64. The first kappa shape index (κ1) is 24.4. The van der Waals surface area contributed by atoms with Gasteiger partial charge in [0, 0.05) is 18.2 Å². The van der Waals surface area contributed by atoms with Crippen molar-refractivity contribution in [1.82, 2.24) is 10.6 Å². The molecule has 0 spiro atoms. The molecule has 2 N–H and O–H groups in total. The molecule has 164 valence electrons. The number of ether oxygens (including phenoxy) is 4. The molecule has 1 aromatic rings. The van der Waals surface area contributed by atoms with Crippen molar-refractivity contribution in [2.45, 2.75) is 59.2 Å². The van der Waals surface area contributed by atoms with Crippen LogP contribution >= 0.6 is 0 Å². The van der Waals surface area contributed by atoms with Gasteiger partial charge in [0.05, 0.1) is 20.3 Å². The van der Waals surface area contributed by atoms with Crippen LogP contribution in [0.5, 0.6) is 17.2 Å². The summed E-state index contributed by atoms with van der Waals surface area (Å²) in [7, 11) is 3.12. The van der Waals surface area contributed by atoms with Crippen LogP contribution in [0.2, 0.25) is 0 Å². The van der Waals surface area contributed by atoms with Gasteiger partial charge in [0.2, 0.25) is 5.91 Å². The van der Waals surface area contributed by atoms with Crippen LogP contribution in [0.3, 0.4) is 0 Å². The molecule has 2 amide bonds. The van der Waals surface area contributed by atoms with Gasteiger partial charge in [-0.3, -0.25) is 4.79 Å². The van der Waals surface area contributed by atoms with E-state index in [0.717, 1.165) is 0 Å². The molecule has 8 nitrogen and oxygen atoms in total. The van der Waals surface area contributed by atoms with Crippen molar-refractivity contribution >= 4 is 12.0 Å². The first-order valence-electron chi connectivity index (χ1n) is 9.61. The van der Waals surface area contributed by atoms with Crippen LogP contribution in [-0.4, -0.2) is 50.5 Å². The molecule has 0 aliphatic carbocycles. The lowest BCUT2D eigenvalue weighted by Crippen LogP contribution is -2.53. The predicted molar refractivity (Wildman–Crippen MR) is 111 cm³/mol. The highest BCUT2D eigenvalue weighted by molar-refractivity contribution is 5.86. The van der Waals surface area contributed by atoms with Gasteiger partial charge >= 0.3 is 6.09 Å². The molecule has 0 saturated carbocycles. The zero-order valence-electron chi connectivity index (χ0n) is 18.6. The second-order valence-corrected chi connectivity index (χ2v) is 8.14. The largest absolute Gasteiger partial charge is 0.496 e. The second kappa shape index (κ2) is 10.8. The molecule has 2 atom stereocenters. The van der Waals surface area contributed by atoms with Crippen LogP contribution in [0.4, 0.5) is 4.79 Å². The van der Waals surface area contributed by atoms with E-state index in [9.17, 15) is 9.59 Å². The van der Waals surface area contributed by atoms with Crippen LogP contribution in [0, 0.1) is 5.92 Å². The van der Waals surface area contributed by atoms with E-state index in [2.05, 4.69) is 10.6 Å². The van der Waals surface area contributed by atoms with Gasteiger partial charge < -0.3 is 29.6 Å². The number of hydrogen-bond donors (Lipinski definition) is 2. The molecular weight excluding hydrogens is 376 g/mol. The van der Waals surface area contributed by atoms with Crippen molar-refractivity contribution in [2.75, 3.05) is 20.8 Å². The van der Waals surface area contributed by atoms with Crippen LogP contribution in [-0.2, 0) is 9.53 Å². The third kappa shape index (κ3) is 8.93. The van der Waals surface area contributed by atoms with Gasteiger partial charge in [-0.2, -0.15) is 0 Å². The highest BCUT2D eigenvalue weighted by atomic mass is 16.6. The summed E-state index contributed by atoms with van der Waals surface area (Å²) in [5, 5.41) is 5.50. The number of benzene rings is 1. The third-order valence-electron chi connectivity index (χ3n) is 3.83. The summed E-state index contributed by atoms with van der Waals surface area (Å²) in [4.78, 5) is 24.7. The second-order valence-electron chi connectivity index (χ2n) is 8.14. The Bertz CT molecular complexity index is 662. The van der Waals surface area contributed by atoms with E-state index in [1.807, 2.05) is 20.8 Å². The maximum absolute atomic E-state index is 12.6. The molecule has 0 bridgehead atoms. The van der Waals surface area contributed by atoms with Gasteiger partial charge in [0.25, 0.3) is 0 Å². The Labute approximate surface area is 173 Å². The van der Waals surface area contributed by atoms with Crippen molar-refractivity contribution in [3.63, 3.8) is 0 Å². The van der Waals surface area contributed by atoms with Gasteiger partial charge in [-0.1, -0.05) is 13.8 Å². The number of nitrogens with one attached hydrogen (secondary N) is 2. The zero-order chi connectivity index (χ0) is 22.2. The van der Waals surface area contributed by atoms with E-state index in [1.54, 1.807) is 53.2 Å². The lowest BCUT2D eigenvalue weighted by Gasteiger charge is -2.26. The van der Waals surface area contributed by atoms with Crippen LogP contribution in [0.25, 0.3) is 0 Å². The topological polar surface area (TPSA) is 95.1 Å². The van der Waals surface area contributed by atoms with Crippen molar-refractivity contribution in [3.8, 4) is 17.2 Å². The Morgan fingerprint density at radius 3 is 1.90 bits per heavy atom. The summed E-state index contributed by atoms with van der Waals surface area (Å²) in [5.41, 5.74) is -0.638. The number of alkyl carbamates (subject to hydrolysis) is 1. The quantitative estimate of drug-likeness (QED) is 0.649. The number of amides is 2. The molecule has 1 rings (SSSR count). The smallest absolute Gasteiger partial charge is 0.408 e. The first-order chi connectivity index (χ1) is 13.4. The fourth-order valence-electron chi connectivity index (χ4n) is 2.43. The summed E-state index contributed by atoms with van der Waals surface area (Å²) in [6.07, 6.45) is -0.626. The molecule has 0 aliphatic heterocycles. The zero-order valence-corrected chi connectivity index (χ0v) is 18.6. The molecule has 0 aliphatic rings. The van der Waals surface area contributed by atoms with Crippen LogP contribution in [0.1, 0.15) is 41.5 Å². The van der Waals surface area contributed by atoms with E-state index in [-0.39, 0.29) is 24.5 Å². The average Bonchev–Trinajstić information content (AvgIpc) is 2.62. The van der Waals surface area contributed by atoms with E-state index < -0.39 is 17.7 Å². The van der Waals surface area contributed by atoms with Crippen LogP contribution < -0.4 is 24.8 Å². The van der Waals surface area contributed by atoms with Crippen molar-refractivity contribution < 1.29 is 28.5 Å². The molecular formula is C21H34N2O6. The van der Waals surface area contributed by atoms with Crippen LogP contribution in [0.15, 0.2) is 18.2 Å². The number of carbonyl (C=O) groups excluding carboxylic acids is 2. The van der Waals surface area contributed by atoms with E-state index in [0.29, 0.717) is 17.2 Å². The minimum atomic E-state index is -0.718. The van der Waals surface area contributed by atoms with Crippen molar-refractivity contribution in [3.05, 3.63) is 18.2 Å². The van der Waals surface area contributed by atoms with Gasteiger partial charge in [0.1, 0.15) is 35.5 Å². The molecule has 8 heteroatoms. The fraction of sp³-hybridized carbons (Fsp3) is 0.619. The summed E-state index contributed by atoms with van der Waals surface area (Å²) < 4.78 is 21.4. The third-order valence-corrected chi connectivity index (χ3v) is 3.83. The van der Waals surface area contributed by atoms with Gasteiger partial charge in [-0.25, -0.2) is 4.79 Å². The maximum atomic E-state index is 12.6. The predicted octanol–water partition coefficient (Wildman–Crippen LogP) is 3.14. The van der Waals surface area contributed by atoms with E-state index in [1.165, 1.54) is 0 Å². The fourth-order valence-corrected chi connectivity index (χ4v) is 2.43. The molecule has 29 heavy (non-hydrogen) atoms. The number of carbonyl (C=O) groups is 2. The lowest BCUT2D eigenvalue weighted by molar-refractivity contribution is -0.125. The number of hydrogen-bond acceptors (Lipinski definition) is 6. The van der Waals surface area contributed by atoms with Gasteiger partial charge in [-0.05, 0) is 33.6 Å². The number of rotatable bonds is 9. The summed E-state index contributed by atoms with van der Waals surface area (Å²) in [6, 6.07) is 4.20. The van der Waals surface area contributed by atoms with Crippen molar-refractivity contribution in [2.24, 2.45) is 5.92 Å². The SMILES string of the molecule is COc1cc(OC)cc(OCC(C)NC(=O)[C@@H](NC(=O)OC(C)(C)C)C(C)C)c1. The monoisotopic (exact) mass is 410 g/mol. The molecule has 0 saturated heterocycles. The van der Waals surface area contributed by atoms with E-state index >= 15 is 0 Å². The summed E-state index contributed by atoms with van der Waals surface area (Å²) in [6.45, 7) is 11.1. The molecule has 0 aromatic heterocycles.